The standard InChI is InChI=1S/C15H13N3O2/c1-9-4-3-5-13(11(9)7-16)18-14-6-10(2)17-8-12(14)15(19)20/h3-6,8H,1-2H3,(H,17,18)(H,19,20). The van der Waals surface area contributed by atoms with Gasteiger partial charge < -0.3 is 10.4 Å². The highest BCUT2D eigenvalue weighted by Gasteiger charge is 2.13. The Morgan fingerprint density at radius 1 is 1.35 bits per heavy atom. The molecule has 1 aromatic heterocycles. The lowest BCUT2D eigenvalue weighted by atomic mass is 10.1. The summed E-state index contributed by atoms with van der Waals surface area (Å²) in [4.78, 5) is 15.2. The first-order valence-electron chi connectivity index (χ1n) is 5.99. The molecule has 0 unspecified atom stereocenters. The molecule has 0 radical (unpaired) electrons. The quantitative estimate of drug-likeness (QED) is 0.892. The van der Waals surface area contributed by atoms with Crippen molar-refractivity contribution in [2.75, 3.05) is 5.32 Å². The third kappa shape index (κ3) is 2.59. The van der Waals surface area contributed by atoms with E-state index in [1.54, 1.807) is 19.1 Å². The number of hydrogen-bond acceptors (Lipinski definition) is 4. The normalized spacial score (nSPS) is 9.85. The third-order valence-electron chi connectivity index (χ3n) is 2.93. The fourth-order valence-electron chi connectivity index (χ4n) is 1.90. The Morgan fingerprint density at radius 2 is 2.10 bits per heavy atom. The number of carboxylic acids is 1. The molecule has 5 nitrogen and oxygen atoms in total. The smallest absolute Gasteiger partial charge is 0.339 e. The molecule has 2 N–H and O–H groups in total. The number of carboxylic acid groups (broad SMARTS) is 1. The van der Waals surface area contributed by atoms with Gasteiger partial charge in [0.2, 0.25) is 0 Å². The van der Waals surface area contributed by atoms with Crippen molar-refractivity contribution in [3.05, 3.63) is 52.8 Å². The molecule has 20 heavy (non-hydrogen) atoms. The summed E-state index contributed by atoms with van der Waals surface area (Å²) in [6, 6.07) is 9.16. The van der Waals surface area contributed by atoms with Crippen LogP contribution in [-0.4, -0.2) is 16.1 Å². The summed E-state index contributed by atoms with van der Waals surface area (Å²) in [7, 11) is 0. The minimum Gasteiger partial charge on any atom is -0.478 e. The number of aromatic nitrogens is 1. The van der Waals surface area contributed by atoms with Gasteiger partial charge in [0.15, 0.2) is 0 Å². The van der Waals surface area contributed by atoms with Gasteiger partial charge in [-0.2, -0.15) is 5.26 Å². The van der Waals surface area contributed by atoms with Crippen LogP contribution in [0.25, 0.3) is 0 Å². The van der Waals surface area contributed by atoms with Crippen molar-refractivity contribution >= 4 is 17.3 Å². The van der Waals surface area contributed by atoms with Crippen LogP contribution in [0.1, 0.15) is 27.2 Å². The summed E-state index contributed by atoms with van der Waals surface area (Å²) in [6.45, 7) is 3.61. The lowest BCUT2D eigenvalue weighted by Crippen LogP contribution is -2.05. The Balaban J connectivity index is 2.51. The van der Waals surface area contributed by atoms with Crippen LogP contribution in [0.3, 0.4) is 0 Å². The fourth-order valence-corrected chi connectivity index (χ4v) is 1.90. The van der Waals surface area contributed by atoms with Crippen molar-refractivity contribution in [1.29, 1.82) is 5.26 Å². The van der Waals surface area contributed by atoms with E-state index in [2.05, 4.69) is 16.4 Å². The number of anilines is 2. The van der Waals surface area contributed by atoms with Crippen molar-refractivity contribution in [3.8, 4) is 6.07 Å². The minimum atomic E-state index is -1.06. The van der Waals surface area contributed by atoms with Crippen molar-refractivity contribution in [2.45, 2.75) is 13.8 Å². The Morgan fingerprint density at radius 3 is 2.75 bits per heavy atom. The number of nitrogens with one attached hydrogen (secondary N) is 1. The van der Waals surface area contributed by atoms with Crippen molar-refractivity contribution in [3.63, 3.8) is 0 Å². The van der Waals surface area contributed by atoms with Crippen LogP contribution in [0.5, 0.6) is 0 Å². The first-order chi connectivity index (χ1) is 9.52. The molecule has 100 valence electrons. The number of carbonyl (C=O) groups is 1. The van der Waals surface area contributed by atoms with E-state index in [4.69, 9.17) is 0 Å². The number of rotatable bonds is 3. The molecule has 0 saturated carbocycles. The predicted molar refractivity (Wildman–Crippen MR) is 75.1 cm³/mol. The molecule has 0 amide bonds. The number of aromatic carboxylic acids is 1. The van der Waals surface area contributed by atoms with Gasteiger partial charge >= 0.3 is 5.97 Å². The van der Waals surface area contributed by atoms with Crippen molar-refractivity contribution in [2.24, 2.45) is 0 Å². The van der Waals surface area contributed by atoms with E-state index in [9.17, 15) is 15.2 Å². The zero-order valence-corrected chi connectivity index (χ0v) is 11.1. The molecule has 0 atom stereocenters. The number of nitriles is 1. The maximum absolute atomic E-state index is 11.2. The van der Waals surface area contributed by atoms with E-state index in [-0.39, 0.29) is 5.56 Å². The number of hydrogen-bond donors (Lipinski definition) is 2. The van der Waals surface area contributed by atoms with Gasteiger partial charge in [-0.25, -0.2) is 4.79 Å². The Kier molecular flexibility index (Phi) is 3.67. The Hall–Kier alpha value is -2.87. The van der Waals surface area contributed by atoms with E-state index in [0.29, 0.717) is 22.6 Å². The molecule has 1 aromatic carbocycles. The van der Waals surface area contributed by atoms with E-state index in [1.807, 2.05) is 19.1 Å². The molecular formula is C15H13N3O2. The lowest BCUT2D eigenvalue weighted by molar-refractivity contribution is 0.0697. The largest absolute Gasteiger partial charge is 0.478 e. The molecule has 0 aliphatic rings. The van der Waals surface area contributed by atoms with Crippen LogP contribution in [0.15, 0.2) is 30.5 Å². The van der Waals surface area contributed by atoms with Crippen LogP contribution in [0, 0.1) is 25.2 Å². The molecule has 0 spiro atoms. The maximum Gasteiger partial charge on any atom is 0.339 e. The SMILES string of the molecule is Cc1cc(Nc2cccc(C)c2C#N)c(C(=O)O)cn1. The van der Waals surface area contributed by atoms with Crippen molar-refractivity contribution < 1.29 is 9.90 Å². The van der Waals surface area contributed by atoms with Crippen LogP contribution >= 0.6 is 0 Å². The maximum atomic E-state index is 11.2. The summed E-state index contributed by atoms with van der Waals surface area (Å²) in [6.07, 6.45) is 1.31. The highest BCUT2D eigenvalue weighted by molar-refractivity contribution is 5.95. The van der Waals surface area contributed by atoms with E-state index in [0.717, 1.165) is 5.56 Å². The fraction of sp³-hybridized carbons (Fsp3) is 0.133. The second kappa shape index (κ2) is 5.41. The van der Waals surface area contributed by atoms with Gasteiger partial charge in [-0.15, -0.1) is 0 Å². The highest BCUT2D eigenvalue weighted by atomic mass is 16.4. The second-order valence-corrected chi connectivity index (χ2v) is 4.41. The van der Waals surface area contributed by atoms with E-state index in [1.165, 1.54) is 6.20 Å². The minimum absolute atomic E-state index is 0.0704. The van der Waals surface area contributed by atoms with Crippen LogP contribution < -0.4 is 5.32 Å². The zero-order chi connectivity index (χ0) is 14.7. The number of aryl methyl sites for hydroxylation is 2. The Bertz CT molecular complexity index is 718. The first kappa shape index (κ1) is 13.6. The van der Waals surface area contributed by atoms with Gasteiger partial charge in [0.25, 0.3) is 0 Å². The first-order valence-corrected chi connectivity index (χ1v) is 5.99. The predicted octanol–water partition coefficient (Wildman–Crippen LogP) is 3.01. The van der Waals surface area contributed by atoms with Gasteiger partial charge in [0.05, 0.1) is 16.9 Å². The molecule has 0 bridgehead atoms. The number of benzene rings is 1. The van der Waals surface area contributed by atoms with Crippen molar-refractivity contribution in [1.82, 2.24) is 4.98 Å². The number of nitrogens with zero attached hydrogens (tertiary/aromatic N) is 2. The summed E-state index contributed by atoms with van der Waals surface area (Å²) < 4.78 is 0. The summed E-state index contributed by atoms with van der Waals surface area (Å²) in [5.41, 5.74) is 3.11. The molecule has 0 saturated heterocycles. The average molecular weight is 267 g/mol. The van der Waals surface area contributed by atoms with Gasteiger partial charge in [-0.05, 0) is 31.5 Å². The van der Waals surface area contributed by atoms with E-state index < -0.39 is 5.97 Å². The highest BCUT2D eigenvalue weighted by Crippen LogP contribution is 2.25. The molecule has 0 aliphatic heterocycles. The van der Waals surface area contributed by atoms with E-state index >= 15 is 0 Å². The molecular weight excluding hydrogens is 254 g/mol. The second-order valence-electron chi connectivity index (χ2n) is 4.41. The average Bonchev–Trinajstić information content (AvgIpc) is 2.38. The van der Waals surface area contributed by atoms with Crippen LogP contribution in [0.2, 0.25) is 0 Å². The zero-order valence-electron chi connectivity index (χ0n) is 11.1. The van der Waals surface area contributed by atoms with Gasteiger partial charge in [-0.1, -0.05) is 12.1 Å². The molecule has 2 aromatic rings. The lowest BCUT2D eigenvalue weighted by Gasteiger charge is -2.12. The number of pyridine rings is 1. The Labute approximate surface area is 116 Å². The molecule has 0 aliphatic carbocycles. The topological polar surface area (TPSA) is 86.0 Å². The molecule has 2 rings (SSSR count). The monoisotopic (exact) mass is 267 g/mol. The molecule has 0 fully saturated rings. The van der Waals surface area contributed by atoms with Gasteiger partial charge in [0.1, 0.15) is 11.6 Å². The summed E-state index contributed by atoms with van der Waals surface area (Å²) >= 11 is 0. The summed E-state index contributed by atoms with van der Waals surface area (Å²) in [5, 5.41) is 21.4. The molecule has 1 heterocycles. The third-order valence-corrected chi connectivity index (χ3v) is 2.93. The van der Waals surface area contributed by atoms with Gasteiger partial charge in [-0.3, -0.25) is 4.98 Å². The summed E-state index contributed by atoms with van der Waals surface area (Å²) in [5.74, 6) is -1.06. The van der Waals surface area contributed by atoms with Crippen LogP contribution in [-0.2, 0) is 0 Å². The van der Waals surface area contributed by atoms with Gasteiger partial charge in [0, 0.05) is 11.9 Å². The molecule has 5 heteroatoms. The van der Waals surface area contributed by atoms with Crippen LogP contribution in [0.4, 0.5) is 11.4 Å².